The SMILES string of the molecule is COc1ccc(C=CC(=O)NC(C)Cc2csc3ccccc23)cc1OC. The molecule has 3 aromatic rings. The van der Waals surface area contributed by atoms with Crippen LogP contribution in [0, 0.1) is 0 Å². The van der Waals surface area contributed by atoms with Crippen molar-refractivity contribution in [2.45, 2.75) is 19.4 Å². The second kappa shape index (κ2) is 8.73. The summed E-state index contributed by atoms with van der Waals surface area (Å²) in [5.74, 6) is 1.19. The number of ether oxygens (including phenoxy) is 2. The van der Waals surface area contributed by atoms with Crippen LogP contribution in [0.4, 0.5) is 0 Å². The third-order valence-electron chi connectivity index (χ3n) is 4.31. The number of rotatable bonds is 7. The van der Waals surface area contributed by atoms with Crippen molar-refractivity contribution >= 4 is 33.4 Å². The first-order valence-electron chi connectivity index (χ1n) is 8.76. The van der Waals surface area contributed by atoms with Crippen LogP contribution in [-0.2, 0) is 11.2 Å². The average Bonchev–Trinajstić information content (AvgIpc) is 3.09. The molecule has 1 amide bonds. The number of methoxy groups -OCH3 is 2. The second-order valence-corrected chi connectivity index (χ2v) is 7.23. The Kier molecular flexibility index (Phi) is 6.14. The molecule has 1 N–H and O–H groups in total. The maximum absolute atomic E-state index is 12.2. The predicted octanol–water partition coefficient (Wildman–Crippen LogP) is 4.68. The Hall–Kier alpha value is -2.79. The van der Waals surface area contributed by atoms with Crippen LogP contribution in [0.5, 0.6) is 11.5 Å². The van der Waals surface area contributed by atoms with Gasteiger partial charge in [0.15, 0.2) is 11.5 Å². The number of hydrogen-bond acceptors (Lipinski definition) is 4. The molecule has 0 spiro atoms. The van der Waals surface area contributed by atoms with Gasteiger partial charge >= 0.3 is 0 Å². The lowest BCUT2D eigenvalue weighted by Gasteiger charge is -2.12. The molecule has 1 unspecified atom stereocenters. The summed E-state index contributed by atoms with van der Waals surface area (Å²) in [5.41, 5.74) is 2.14. The van der Waals surface area contributed by atoms with Crippen LogP contribution in [0.15, 0.2) is 53.9 Å². The molecule has 0 aliphatic heterocycles. The van der Waals surface area contributed by atoms with Crippen molar-refractivity contribution in [2.75, 3.05) is 14.2 Å². The van der Waals surface area contributed by atoms with Gasteiger partial charge in [-0.2, -0.15) is 0 Å². The molecule has 0 fully saturated rings. The highest BCUT2D eigenvalue weighted by Gasteiger charge is 2.10. The zero-order valence-corrected chi connectivity index (χ0v) is 16.5. The quantitative estimate of drug-likeness (QED) is 0.605. The van der Waals surface area contributed by atoms with Crippen LogP contribution in [0.2, 0.25) is 0 Å². The Morgan fingerprint density at radius 2 is 1.93 bits per heavy atom. The highest BCUT2D eigenvalue weighted by atomic mass is 32.1. The van der Waals surface area contributed by atoms with E-state index in [1.807, 2.05) is 37.3 Å². The molecule has 1 heterocycles. The van der Waals surface area contributed by atoms with Gasteiger partial charge in [-0.1, -0.05) is 24.3 Å². The lowest BCUT2D eigenvalue weighted by atomic mass is 10.1. The van der Waals surface area contributed by atoms with E-state index in [-0.39, 0.29) is 11.9 Å². The number of benzene rings is 2. The molecule has 1 atom stereocenters. The standard InChI is InChI=1S/C22H23NO3S/c1-15(12-17-14-27-21-7-5-4-6-18(17)21)23-22(24)11-9-16-8-10-19(25-2)20(13-16)26-3/h4-11,13-15H,12H2,1-3H3,(H,23,24). The summed E-state index contributed by atoms with van der Waals surface area (Å²) in [6, 6.07) is 13.9. The summed E-state index contributed by atoms with van der Waals surface area (Å²) < 4.78 is 11.8. The van der Waals surface area contributed by atoms with E-state index >= 15 is 0 Å². The Morgan fingerprint density at radius 1 is 1.15 bits per heavy atom. The highest BCUT2D eigenvalue weighted by Crippen LogP contribution is 2.28. The lowest BCUT2D eigenvalue weighted by molar-refractivity contribution is -0.117. The van der Waals surface area contributed by atoms with Crippen LogP contribution in [0.3, 0.4) is 0 Å². The molecular weight excluding hydrogens is 358 g/mol. The van der Waals surface area contributed by atoms with Crippen LogP contribution in [0.1, 0.15) is 18.1 Å². The third kappa shape index (κ3) is 4.68. The van der Waals surface area contributed by atoms with E-state index in [0.717, 1.165) is 12.0 Å². The summed E-state index contributed by atoms with van der Waals surface area (Å²) >= 11 is 1.74. The van der Waals surface area contributed by atoms with Gasteiger partial charge in [0.2, 0.25) is 5.91 Å². The Bertz CT molecular complexity index is 961. The van der Waals surface area contributed by atoms with E-state index in [9.17, 15) is 4.79 Å². The third-order valence-corrected chi connectivity index (χ3v) is 5.32. The summed E-state index contributed by atoms with van der Waals surface area (Å²) in [6.07, 6.45) is 4.12. The first-order chi connectivity index (χ1) is 13.1. The zero-order valence-electron chi connectivity index (χ0n) is 15.7. The number of nitrogens with one attached hydrogen (secondary N) is 1. The van der Waals surface area contributed by atoms with Gasteiger partial charge in [0, 0.05) is 16.8 Å². The lowest BCUT2D eigenvalue weighted by Crippen LogP contribution is -2.32. The first kappa shape index (κ1) is 19.0. The fraction of sp³-hybridized carbons (Fsp3) is 0.227. The van der Waals surface area contributed by atoms with Gasteiger partial charge in [-0.05, 0) is 59.5 Å². The Labute approximate surface area is 163 Å². The molecule has 1 aromatic heterocycles. The Balaban J connectivity index is 1.60. The monoisotopic (exact) mass is 381 g/mol. The molecule has 5 heteroatoms. The normalized spacial score (nSPS) is 12.3. The molecule has 0 aliphatic rings. The Morgan fingerprint density at radius 3 is 2.70 bits per heavy atom. The molecule has 2 aromatic carbocycles. The fourth-order valence-corrected chi connectivity index (χ4v) is 3.97. The molecule has 0 radical (unpaired) electrons. The molecule has 3 rings (SSSR count). The van der Waals surface area contributed by atoms with Gasteiger partial charge in [-0.25, -0.2) is 0 Å². The van der Waals surface area contributed by atoms with Gasteiger partial charge in [0.25, 0.3) is 0 Å². The van der Waals surface area contributed by atoms with Crippen molar-refractivity contribution in [2.24, 2.45) is 0 Å². The van der Waals surface area contributed by atoms with E-state index in [1.54, 1.807) is 37.7 Å². The van der Waals surface area contributed by atoms with Crippen molar-refractivity contribution in [3.63, 3.8) is 0 Å². The maximum Gasteiger partial charge on any atom is 0.244 e. The van der Waals surface area contributed by atoms with Gasteiger partial charge in [0.1, 0.15) is 0 Å². The molecule has 0 saturated carbocycles. The largest absolute Gasteiger partial charge is 0.493 e. The average molecular weight is 381 g/mol. The minimum Gasteiger partial charge on any atom is -0.493 e. The van der Waals surface area contributed by atoms with Crippen LogP contribution in [-0.4, -0.2) is 26.2 Å². The maximum atomic E-state index is 12.2. The summed E-state index contributed by atoms with van der Waals surface area (Å²) in [7, 11) is 3.19. The number of amides is 1. The zero-order chi connectivity index (χ0) is 19.2. The van der Waals surface area contributed by atoms with Gasteiger partial charge < -0.3 is 14.8 Å². The van der Waals surface area contributed by atoms with E-state index in [2.05, 4.69) is 22.8 Å². The smallest absolute Gasteiger partial charge is 0.244 e. The van der Waals surface area contributed by atoms with Gasteiger partial charge in [-0.3, -0.25) is 4.79 Å². The molecule has 27 heavy (non-hydrogen) atoms. The molecule has 140 valence electrons. The first-order valence-corrected chi connectivity index (χ1v) is 9.64. The number of fused-ring (bicyclic) bond motifs is 1. The van der Waals surface area contributed by atoms with Gasteiger partial charge in [0.05, 0.1) is 14.2 Å². The van der Waals surface area contributed by atoms with Crippen molar-refractivity contribution in [3.8, 4) is 11.5 Å². The topological polar surface area (TPSA) is 47.6 Å². The fourth-order valence-electron chi connectivity index (χ4n) is 2.99. The van der Waals surface area contributed by atoms with Crippen LogP contribution in [0.25, 0.3) is 16.2 Å². The molecule has 0 saturated heterocycles. The molecular formula is C22H23NO3S. The van der Waals surface area contributed by atoms with Crippen molar-refractivity contribution in [1.82, 2.24) is 5.32 Å². The van der Waals surface area contributed by atoms with Crippen LogP contribution < -0.4 is 14.8 Å². The van der Waals surface area contributed by atoms with E-state index < -0.39 is 0 Å². The van der Waals surface area contributed by atoms with Crippen molar-refractivity contribution < 1.29 is 14.3 Å². The summed E-state index contributed by atoms with van der Waals surface area (Å²) in [6.45, 7) is 2.02. The second-order valence-electron chi connectivity index (χ2n) is 6.32. The molecule has 4 nitrogen and oxygen atoms in total. The van der Waals surface area contributed by atoms with Gasteiger partial charge in [-0.15, -0.1) is 11.3 Å². The van der Waals surface area contributed by atoms with Crippen molar-refractivity contribution in [1.29, 1.82) is 0 Å². The highest BCUT2D eigenvalue weighted by molar-refractivity contribution is 7.17. The van der Waals surface area contributed by atoms with E-state index in [4.69, 9.17) is 9.47 Å². The minimum absolute atomic E-state index is 0.0468. The van der Waals surface area contributed by atoms with Crippen LogP contribution >= 0.6 is 11.3 Å². The molecule has 0 bridgehead atoms. The van der Waals surface area contributed by atoms with E-state index in [1.165, 1.54) is 15.6 Å². The van der Waals surface area contributed by atoms with Crippen molar-refractivity contribution in [3.05, 3.63) is 65.0 Å². The van der Waals surface area contributed by atoms with E-state index in [0.29, 0.717) is 11.5 Å². The minimum atomic E-state index is -0.114. The number of carbonyl (C=O) groups excluding carboxylic acids is 1. The number of hydrogen-bond donors (Lipinski definition) is 1. The number of thiophene rings is 1. The number of carbonyl (C=O) groups is 1. The molecule has 0 aliphatic carbocycles. The predicted molar refractivity (Wildman–Crippen MR) is 112 cm³/mol. The summed E-state index contributed by atoms with van der Waals surface area (Å²) in [4.78, 5) is 12.2. The summed E-state index contributed by atoms with van der Waals surface area (Å²) in [5, 5.41) is 6.47.